The van der Waals surface area contributed by atoms with Crippen LogP contribution in [0.15, 0.2) is 78.9 Å². The minimum atomic E-state index is -0.0743. The monoisotopic (exact) mass is 273 g/mol. The summed E-state index contributed by atoms with van der Waals surface area (Å²) < 4.78 is 0. The predicted molar refractivity (Wildman–Crippen MR) is 89.1 cm³/mol. The maximum atomic E-state index is 6.37. The van der Waals surface area contributed by atoms with Gasteiger partial charge in [-0.3, -0.25) is 0 Å². The fourth-order valence-electron chi connectivity index (χ4n) is 2.57. The molecule has 0 aliphatic rings. The zero-order chi connectivity index (χ0) is 14.7. The van der Waals surface area contributed by atoms with Crippen LogP contribution < -0.4 is 5.73 Å². The molecule has 0 saturated carbocycles. The number of rotatable bonds is 3. The highest BCUT2D eigenvalue weighted by atomic mass is 14.6. The molecule has 3 aromatic carbocycles. The summed E-state index contributed by atoms with van der Waals surface area (Å²) in [4.78, 5) is 0. The fraction of sp³-hybridized carbons (Fsp3) is 0.100. The Morgan fingerprint density at radius 1 is 0.667 bits per heavy atom. The van der Waals surface area contributed by atoms with Gasteiger partial charge in [0.05, 0.1) is 6.04 Å². The first-order valence-electron chi connectivity index (χ1n) is 7.21. The third-order valence-electron chi connectivity index (χ3n) is 3.78. The number of benzene rings is 3. The Morgan fingerprint density at radius 2 is 1.33 bits per heavy atom. The van der Waals surface area contributed by atoms with Crippen LogP contribution in [-0.2, 0) is 0 Å². The average molecular weight is 273 g/mol. The third-order valence-corrected chi connectivity index (χ3v) is 3.78. The minimum absolute atomic E-state index is 0.0743. The molecule has 0 amide bonds. The number of nitrogens with two attached hydrogens (primary N) is 1. The van der Waals surface area contributed by atoms with Gasteiger partial charge in [-0.1, -0.05) is 84.4 Å². The minimum Gasteiger partial charge on any atom is -0.320 e. The molecular formula is C20H19N. The Morgan fingerprint density at radius 3 is 2.00 bits per heavy atom. The molecule has 3 aromatic rings. The number of aryl methyl sites for hydroxylation is 1. The molecule has 0 radical (unpaired) electrons. The van der Waals surface area contributed by atoms with Crippen molar-refractivity contribution in [3.05, 3.63) is 95.6 Å². The van der Waals surface area contributed by atoms with Crippen molar-refractivity contribution in [2.45, 2.75) is 13.0 Å². The molecule has 0 saturated heterocycles. The van der Waals surface area contributed by atoms with Gasteiger partial charge >= 0.3 is 0 Å². The van der Waals surface area contributed by atoms with Gasteiger partial charge in [0.1, 0.15) is 0 Å². The largest absolute Gasteiger partial charge is 0.320 e. The van der Waals surface area contributed by atoms with Crippen LogP contribution in [0, 0.1) is 6.92 Å². The fourth-order valence-corrected chi connectivity index (χ4v) is 2.57. The lowest BCUT2D eigenvalue weighted by molar-refractivity contribution is 0.870. The lowest BCUT2D eigenvalue weighted by atomic mass is 9.96. The van der Waals surface area contributed by atoms with Crippen LogP contribution in [0.1, 0.15) is 22.7 Å². The summed E-state index contributed by atoms with van der Waals surface area (Å²) in [5.41, 5.74) is 12.4. The van der Waals surface area contributed by atoms with E-state index in [9.17, 15) is 0 Å². The van der Waals surface area contributed by atoms with Crippen molar-refractivity contribution >= 4 is 0 Å². The van der Waals surface area contributed by atoms with E-state index in [-0.39, 0.29) is 6.04 Å². The van der Waals surface area contributed by atoms with Crippen LogP contribution in [-0.4, -0.2) is 0 Å². The second kappa shape index (κ2) is 5.94. The Hall–Kier alpha value is -2.38. The molecule has 21 heavy (non-hydrogen) atoms. The highest BCUT2D eigenvalue weighted by Crippen LogP contribution is 2.24. The van der Waals surface area contributed by atoms with Crippen molar-refractivity contribution in [1.82, 2.24) is 0 Å². The predicted octanol–water partition coefficient (Wildman–Crippen LogP) is 4.71. The van der Waals surface area contributed by atoms with Gasteiger partial charge in [-0.25, -0.2) is 0 Å². The van der Waals surface area contributed by atoms with Crippen molar-refractivity contribution in [1.29, 1.82) is 0 Å². The number of hydrogen-bond acceptors (Lipinski definition) is 1. The summed E-state index contributed by atoms with van der Waals surface area (Å²) in [7, 11) is 0. The maximum Gasteiger partial charge on any atom is 0.0551 e. The Labute approximate surface area is 126 Å². The molecule has 1 unspecified atom stereocenters. The lowest BCUT2D eigenvalue weighted by Gasteiger charge is -2.14. The van der Waals surface area contributed by atoms with Crippen LogP contribution >= 0.6 is 0 Å². The molecule has 0 heterocycles. The van der Waals surface area contributed by atoms with Crippen molar-refractivity contribution < 1.29 is 0 Å². The third kappa shape index (κ3) is 3.04. The smallest absolute Gasteiger partial charge is 0.0551 e. The Balaban J connectivity index is 1.87. The van der Waals surface area contributed by atoms with Gasteiger partial charge in [-0.15, -0.1) is 0 Å². The topological polar surface area (TPSA) is 26.0 Å². The molecule has 1 atom stereocenters. The van der Waals surface area contributed by atoms with Crippen molar-refractivity contribution in [3.63, 3.8) is 0 Å². The van der Waals surface area contributed by atoms with E-state index in [0.29, 0.717) is 0 Å². The second-order valence-corrected chi connectivity index (χ2v) is 5.38. The molecule has 104 valence electrons. The molecule has 0 fully saturated rings. The first-order valence-corrected chi connectivity index (χ1v) is 7.21. The van der Waals surface area contributed by atoms with Crippen LogP contribution in [0.2, 0.25) is 0 Å². The van der Waals surface area contributed by atoms with Gasteiger partial charge in [0.25, 0.3) is 0 Å². The van der Waals surface area contributed by atoms with Crippen molar-refractivity contribution in [3.8, 4) is 11.1 Å². The zero-order valence-corrected chi connectivity index (χ0v) is 12.2. The van der Waals surface area contributed by atoms with Crippen LogP contribution in [0.25, 0.3) is 11.1 Å². The second-order valence-electron chi connectivity index (χ2n) is 5.38. The highest BCUT2D eigenvalue weighted by Gasteiger charge is 2.09. The molecule has 0 aromatic heterocycles. The SMILES string of the molecule is Cc1cccc(C(N)c2ccc(-c3ccccc3)cc2)c1. The van der Waals surface area contributed by atoms with E-state index in [2.05, 4.69) is 79.7 Å². The Bertz CT molecular complexity index is 714. The zero-order valence-electron chi connectivity index (χ0n) is 12.2. The Kier molecular flexibility index (Phi) is 3.85. The van der Waals surface area contributed by atoms with Crippen molar-refractivity contribution in [2.75, 3.05) is 0 Å². The van der Waals surface area contributed by atoms with Gasteiger partial charge in [-0.05, 0) is 29.2 Å². The van der Waals surface area contributed by atoms with Crippen LogP contribution in [0.4, 0.5) is 0 Å². The number of hydrogen-bond donors (Lipinski definition) is 1. The van der Waals surface area contributed by atoms with Gasteiger partial charge in [0.2, 0.25) is 0 Å². The first kappa shape index (κ1) is 13.6. The molecule has 0 bridgehead atoms. The summed E-state index contributed by atoms with van der Waals surface area (Å²) >= 11 is 0. The van der Waals surface area contributed by atoms with Crippen LogP contribution in [0.3, 0.4) is 0 Å². The standard InChI is InChI=1S/C20H19N/c1-15-6-5-9-19(14-15)20(21)18-12-10-17(11-13-18)16-7-3-2-4-8-16/h2-14,20H,21H2,1H3. The van der Waals surface area contributed by atoms with E-state index in [1.54, 1.807) is 0 Å². The quantitative estimate of drug-likeness (QED) is 0.734. The molecule has 0 aliphatic carbocycles. The summed E-state index contributed by atoms with van der Waals surface area (Å²) in [5.74, 6) is 0. The summed E-state index contributed by atoms with van der Waals surface area (Å²) in [5, 5.41) is 0. The normalized spacial score (nSPS) is 12.1. The summed E-state index contributed by atoms with van der Waals surface area (Å²) in [6.45, 7) is 2.09. The average Bonchev–Trinajstić information content (AvgIpc) is 2.55. The van der Waals surface area contributed by atoms with E-state index in [0.717, 1.165) is 11.1 Å². The maximum absolute atomic E-state index is 6.37. The molecule has 0 spiro atoms. The molecule has 1 nitrogen and oxygen atoms in total. The van der Waals surface area contributed by atoms with Gasteiger partial charge in [0.15, 0.2) is 0 Å². The van der Waals surface area contributed by atoms with E-state index in [1.165, 1.54) is 16.7 Å². The summed E-state index contributed by atoms with van der Waals surface area (Å²) in [6.07, 6.45) is 0. The molecule has 2 N–H and O–H groups in total. The highest BCUT2D eigenvalue weighted by molar-refractivity contribution is 5.63. The van der Waals surface area contributed by atoms with E-state index in [4.69, 9.17) is 5.73 Å². The molecule has 1 heteroatoms. The van der Waals surface area contributed by atoms with Crippen molar-refractivity contribution in [2.24, 2.45) is 5.73 Å². The van der Waals surface area contributed by atoms with Gasteiger partial charge < -0.3 is 5.73 Å². The van der Waals surface area contributed by atoms with E-state index < -0.39 is 0 Å². The first-order chi connectivity index (χ1) is 10.2. The molecule has 0 aliphatic heterocycles. The van der Waals surface area contributed by atoms with E-state index >= 15 is 0 Å². The van der Waals surface area contributed by atoms with Gasteiger partial charge in [-0.2, -0.15) is 0 Å². The molecular weight excluding hydrogens is 254 g/mol. The van der Waals surface area contributed by atoms with Gasteiger partial charge in [0, 0.05) is 0 Å². The van der Waals surface area contributed by atoms with E-state index in [1.807, 2.05) is 6.07 Å². The molecule has 3 rings (SSSR count). The lowest BCUT2D eigenvalue weighted by Crippen LogP contribution is -2.11. The van der Waals surface area contributed by atoms with Crippen LogP contribution in [0.5, 0.6) is 0 Å². The summed E-state index contributed by atoms with van der Waals surface area (Å²) in [6, 6.07) is 27.2.